The summed E-state index contributed by atoms with van der Waals surface area (Å²) in [6.07, 6.45) is 6.57. The summed E-state index contributed by atoms with van der Waals surface area (Å²) in [7, 11) is 0. The van der Waals surface area contributed by atoms with Crippen LogP contribution in [0.3, 0.4) is 0 Å². The standard InChI is InChI=1S/C22H24Cl3N5OS/c23-22(24,25)20(28-19(31)12-9-16-7-10-17(26)11-8-16)30-15-5-1-4-14-29(21(30)32)18-6-2-3-13-27-18/h2-3,6-13,20H,1,4-5,14-15,26H2,(H,28,31)/b12-9+. The zero-order chi connectivity index (χ0) is 23.1. The van der Waals surface area contributed by atoms with Crippen molar-refractivity contribution in [3.8, 4) is 0 Å². The van der Waals surface area contributed by atoms with E-state index in [0.29, 0.717) is 29.7 Å². The maximum Gasteiger partial charge on any atom is 0.245 e. The van der Waals surface area contributed by atoms with Crippen molar-refractivity contribution < 1.29 is 4.79 Å². The number of carbonyl (C=O) groups is 1. The molecule has 1 atom stereocenters. The van der Waals surface area contributed by atoms with Crippen molar-refractivity contribution in [2.75, 3.05) is 23.7 Å². The van der Waals surface area contributed by atoms with Crippen LogP contribution in [0.5, 0.6) is 0 Å². The molecule has 3 N–H and O–H groups in total. The number of halogens is 3. The Morgan fingerprint density at radius 1 is 1.12 bits per heavy atom. The predicted molar refractivity (Wildman–Crippen MR) is 137 cm³/mol. The van der Waals surface area contributed by atoms with Gasteiger partial charge in [0.15, 0.2) is 11.3 Å². The number of anilines is 2. The highest BCUT2D eigenvalue weighted by atomic mass is 35.6. The summed E-state index contributed by atoms with van der Waals surface area (Å²) in [5.74, 6) is 0.300. The number of amides is 1. The average Bonchev–Trinajstić information content (AvgIpc) is 2.75. The SMILES string of the molecule is Nc1ccc(/C=C/C(=O)NC(N2CCCCCN(c3ccccn3)C2=S)C(Cl)(Cl)Cl)cc1. The van der Waals surface area contributed by atoms with Gasteiger partial charge in [-0.15, -0.1) is 0 Å². The molecule has 1 amide bonds. The van der Waals surface area contributed by atoms with Crippen molar-refractivity contribution in [3.63, 3.8) is 0 Å². The van der Waals surface area contributed by atoms with Gasteiger partial charge in [0.25, 0.3) is 0 Å². The number of nitrogens with two attached hydrogens (primary N) is 1. The van der Waals surface area contributed by atoms with E-state index in [2.05, 4.69) is 10.3 Å². The lowest BCUT2D eigenvalue weighted by Crippen LogP contribution is -2.60. The maximum atomic E-state index is 12.7. The van der Waals surface area contributed by atoms with Crippen LogP contribution in [0, 0.1) is 0 Å². The Balaban J connectivity index is 1.81. The molecule has 2 aromatic rings. The minimum absolute atomic E-state index is 0.410. The molecule has 2 heterocycles. The smallest absolute Gasteiger partial charge is 0.245 e. The van der Waals surface area contributed by atoms with Gasteiger partial charge in [-0.3, -0.25) is 4.79 Å². The lowest BCUT2D eigenvalue weighted by Gasteiger charge is -2.42. The lowest BCUT2D eigenvalue weighted by atomic mass is 10.2. The van der Waals surface area contributed by atoms with Crippen LogP contribution >= 0.6 is 47.0 Å². The van der Waals surface area contributed by atoms with Gasteiger partial charge in [-0.1, -0.05) is 53.0 Å². The van der Waals surface area contributed by atoms with Gasteiger partial charge in [0, 0.05) is 31.0 Å². The third-order valence-electron chi connectivity index (χ3n) is 4.95. The fourth-order valence-electron chi connectivity index (χ4n) is 3.34. The van der Waals surface area contributed by atoms with Crippen LogP contribution in [0.4, 0.5) is 11.5 Å². The molecule has 1 fully saturated rings. The monoisotopic (exact) mass is 511 g/mol. The quantitative estimate of drug-likeness (QED) is 0.260. The van der Waals surface area contributed by atoms with Crippen molar-refractivity contribution in [3.05, 3.63) is 60.3 Å². The maximum absolute atomic E-state index is 12.7. The fraction of sp³-hybridized carbons (Fsp3) is 0.318. The summed E-state index contributed by atoms with van der Waals surface area (Å²) in [4.78, 5) is 20.8. The van der Waals surface area contributed by atoms with Crippen LogP contribution in [0.15, 0.2) is 54.7 Å². The number of nitrogens with zero attached hydrogens (tertiary/aromatic N) is 3. The highest BCUT2D eigenvalue weighted by Gasteiger charge is 2.41. The fourth-order valence-corrected chi connectivity index (χ4v) is 4.24. The first-order valence-electron chi connectivity index (χ1n) is 10.2. The number of nitrogens with one attached hydrogen (secondary N) is 1. The van der Waals surface area contributed by atoms with E-state index in [1.165, 1.54) is 6.08 Å². The van der Waals surface area contributed by atoms with Crippen molar-refractivity contribution in [1.29, 1.82) is 0 Å². The Morgan fingerprint density at radius 2 is 1.84 bits per heavy atom. The second-order valence-corrected chi connectivity index (χ2v) is 10.1. The number of rotatable bonds is 5. The molecule has 1 unspecified atom stereocenters. The highest BCUT2D eigenvalue weighted by molar-refractivity contribution is 7.80. The molecule has 10 heteroatoms. The van der Waals surface area contributed by atoms with E-state index >= 15 is 0 Å². The van der Waals surface area contributed by atoms with E-state index in [1.807, 2.05) is 35.2 Å². The molecule has 1 aliphatic heterocycles. The summed E-state index contributed by atoms with van der Waals surface area (Å²) in [6, 6.07) is 12.7. The van der Waals surface area contributed by atoms with Gasteiger partial charge < -0.3 is 20.9 Å². The summed E-state index contributed by atoms with van der Waals surface area (Å²) in [5, 5.41) is 3.25. The molecule has 1 aromatic heterocycles. The van der Waals surface area contributed by atoms with Gasteiger partial charge in [-0.05, 0) is 67.4 Å². The number of benzene rings is 1. The molecule has 0 bridgehead atoms. The number of alkyl halides is 3. The molecule has 32 heavy (non-hydrogen) atoms. The first kappa shape index (κ1) is 24.6. The summed E-state index contributed by atoms with van der Waals surface area (Å²) in [5.41, 5.74) is 7.16. The molecular weight excluding hydrogens is 489 g/mol. The Bertz CT molecular complexity index is 950. The lowest BCUT2D eigenvalue weighted by molar-refractivity contribution is -0.117. The van der Waals surface area contributed by atoms with Crippen LogP contribution in [0.25, 0.3) is 6.08 Å². The number of hydrogen-bond donors (Lipinski definition) is 2. The van der Waals surface area contributed by atoms with Crippen LogP contribution < -0.4 is 16.0 Å². The van der Waals surface area contributed by atoms with Crippen molar-refractivity contribution >= 4 is 75.6 Å². The summed E-state index contributed by atoms with van der Waals surface area (Å²) >= 11 is 24.7. The van der Waals surface area contributed by atoms with Crippen molar-refractivity contribution in [1.82, 2.24) is 15.2 Å². The highest BCUT2D eigenvalue weighted by Crippen LogP contribution is 2.34. The van der Waals surface area contributed by atoms with Crippen LogP contribution in [0.2, 0.25) is 0 Å². The first-order valence-corrected chi connectivity index (χ1v) is 11.7. The number of aromatic nitrogens is 1. The molecule has 0 saturated carbocycles. The second-order valence-electron chi connectivity index (χ2n) is 7.33. The van der Waals surface area contributed by atoms with Gasteiger partial charge in [0.1, 0.15) is 5.82 Å². The van der Waals surface area contributed by atoms with E-state index in [-0.39, 0.29) is 0 Å². The molecule has 170 valence electrons. The predicted octanol–water partition coefficient (Wildman–Crippen LogP) is 4.77. The Morgan fingerprint density at radius 3 is 2.50 bits per heavy atom. The van der Waals surface area contributed by atoms with E-state index in [4.69, 9.17) is 52.8 Å². The van der Waals surface area contributed by atoms with E-state index in [0.717, 1.165) is 24.8 Å². The minimum Gasteiger partial charge on any atom is -0.399 e. The topological polar surface area (TPSA) is 74.5 Å². The average molecular weight is 513 g/mol. The number of nitrogen functional groups attached to an aromatic ring is 1. The number of pyridine rings is 1. The van der Waals surface area contributed by atoms with Crippen LogP contribution in [-0.4, -0.2) is 44.0 Å². The van der Waals surface area contributed by atoms with Crippen molar-refractivity contribution in [2.24, 2.45) is 0 Å². The number of carbonyl (C=O) groups excluding carboxylic acids is 1. The summed E-state index contributed by atoms with van der Waals surface area (Å²) < 4.78 is -1.82. The van der Waals surface area contributed by atoms with Crippen LogP contribution in [0.1, 0.15) is 24.8 Å². The molecule has 3 rings (SSSR count). The third kappa shape index (κ3) is 6.72. The molecule has 0 spiro atoms. The summed E-state index contributed by atoms with van der Waals surface area (Å²) in [6.45, 7) is 1.21. The largest absolute Gasteiger partial charge is 0.399 e. The third-order valence-corrected chi connectivity index (χ3v) is 6.02. The van der Waals surface area contributed by atoms with Crippen LogP contribution in [-0.2, 0) is 4.79 Å². The van der Waals surface area contributed by atoms with E-state index in [9.17, 15) is 4.79 Å². The van der Waals surface area contributed by atoms with E-state index < -0.39 is 15.9 Å². The van der Waals surface area contributed by atoms with Crippen molar-refractivity contribution in [2.45, 2.75) is 29.2 Å². The zero-order valence-corrected chi connectivity index (χ0v) is 20.3. The molecule has 0 aliphatic carbocycles. The normalized spacial score (nSPS) is 16.5. The van der Waals surface area contributed by atoms with E-state index in [1.54, 1.807) is 29.3 Å². The molecule has 6 nitrogen and oxygen atoms in total. The van der Waals surface area contributed by atoms with Gasteiger partial charge in [0.05, 0.1) is 0 Å². The molecule has 0 radical (unpaired) electrons. The van der Waals surface area contributed by atoms with Gasteiger partial charge in [0.2, 0.25) is 9.70 Å². The first-order chi connectivity index (χ1) is 15.3. The number of thiocarbonyl (C=S) groups is 1. The zero-order valence-electron chi connectivity index (χ0n) is 17.3. The molecular formula is C22H24Cl3N5OS. The Kier molecular flexibility index (Phi) is 8.59. The molecule has 1 aromatic carbocycles. The molecule has 1 aliphatic rings. The Hall–Kier alpha value is -2.06. The minimum atomic E-state index is -1.82. The number of hydrogen-bond acceptors (Lipinski definition) is 4. The second kappa shape index (κ2) is 11.2. The Labute approximate surface area is 208 Å². The van der Waals surface area contributed by atoms with Gasteiger partial charge in [-0.25, -0.2) is 4.98 Å². The van der Waals surface area contributed by atoms with Gasteiger partial charge >= 0.3 is 0 Å². The van der Waals surface area contributed by atoms with Gasteiger partial charge in [-0.2, -0.15) is 0 Å². The molecule has 1 saturated heterocycles.